The molecule has 22 heavy (non-hydrogen) atoms. The molecule has 0 atom stereocenters. The Morgan fingerprint density at radius 3 is 3.05 bits per heavy atom. The SMILES string of the molecule is O=C(Cn1ccc2ccccc21)NCc1csc(C2CC2)n1. The van der Waals surface area contributed by atoms with Gasteiger partial charge in [-0.2, -0.15) is 0 Å². The average molecular weight is 311 g/mol. The number of nitrogens with zero attached hydrogens (tertiary/aromatic N) is 2. The van der Waals surface area contributed by atoms with E-state index < -0.39 is 0 Å². The Bertz CT molecular complexity index is 816. The van der Waals surface area contributed by atoms with Crippen LogP contribution < -0.4 is 5.32 Å². The number of benzene rings is 1. The van der Waals surface area contributed by atoms with Gasteiger partial charge in [-0.3, -0.25) is 4.79 Å². The maximum atomic E-state index is 12.1. The normalized spacial score (nSPS) is 14.4. The fourth-order valence-electron chi connectivity index (χ4n) is 2.60. The summed E-state index contributed by atoms with van der Waals surface area (Å²) in [4.78, 5) is 16.7. The van der Waals surface area contributed by atoms with Gasteiger partial charge in [-0.15, -0.1) is 11.3 Å². The van der Waals surface area contributed by atoms with Gasteiger partial charge in [-0.1, -0.05) is 18.2 Å². The van der Waals surface area contributed by atoms with E-state index in [0.717, 1.165) is 16.6 Å². The second-order valence-electron chi connectivity index (χ2n) is 5.73. The summed E-state index contributed by atoms with van der Waals surface area (Å²) in [6.45, 7) is 0.856. The highest BCUT2D eigenvalue weighted by molar-refractivity contribution is 7.09. The number of hydrogen-bond acceptors (Lipinski definition) is 3. The molecule has 1 saturated carbocycles. The van der Waals surface area contributed by atoms with Crippen LogP contribution >= 0.6 is 11.3 Å². The minimum absolute atomic E-state index is 0.0160. The molecular weight excluding hydrogens is 294 g/mol. The Morgan fingerprint density at radius 2 is 2.18 bits per heavy atom. The minimum atomic E-state index is 0.0160. The van der Waals surface area contributed by atoms with Crippen molar-refractivity contribution < 1.29 is 4.79 Å². The number of carbonyl (C=O) groups excluding carboxylic acids is 1. The van der Waals surface area contributed by atoms with Crippen molar-refractivity contribution in [2.45, 2.75) is 31.8 Å². The van der Waals surface area contributed by atoms with Crippen molar-refractivity contribution in [1.29, 1.82) is 0 Å². The third kappa shape index (κ3) is 2.76. The summed E-state index contributed by atoms with van der Waals surface area (Å²) < 4.78 is 1.97. The number of rotatable bonds is 5. The lowest BCUT2D eigenvalue weighted by Crippen LogP contribution is -2.26. The average Bonchev–Trinajstić information content (AvgIpc) is 3.15. The molecule has 1 N–H and O–H groups in total. The third-order valence-corrected chi connectivity index (χ3v) is 5.01. The molecule has 4 rings (SSSR count). The Labute approximate surface area is 132 Å². The molecule has 112 valence electrons. The van der Waals surface area contributed by atoms with E-state index in [-0.39, 0.29) is 5.91 Å². The lowest BCUT2D eigenvalue weighted by molar-refractivity contribution is -0.121. The van der Waals surface area contributed by atoms with Gasteiger partial charge in [0.1, 0.15) is 6.54 Å². The van der Waals surface area contributed by atoms with Crippen LogP contribution in [0.1, 0.15) is 29.5 Å². The van der Waals surface area contributed by atoms with Crippen molar-refractivity contribution in [3.63, 3.8) is 0 Å². The molecule has 0 radical (unpaired) electrons. The number of amides is 1. The summed E-state index contributed by atoms with van der Waals surface area (Å²) in [5, 5.41) is 7.39. The zero-order valence-electron chi connectivity index (χ0n) is 12.2. The van der Waals surface area contributed by atoms with Gasteiger partial charge >= 0.3 is 0 Å². The summed E-state index contributed by atoms with van der Waals surface area (Å²) in [5.74, 6) is 0.697. The third-order valence-electron chi connectivity index (χ3n) is 3.96. The number of carbonyl (C=O) groups is 1. The van der Waals surface area contributed by atoms with Crippen LogP contribution in [0.3, 0.4) is 0 Å². The van der Waals surface area contributed by atoms with E-state index in [1.54, 1.807) is 11.3 Å². The first-order valence-corrected chi connectivity index (χ1v) is 8.42. The molecule has 1 aromatic carbocycles. The van der Waals surface area contributed by atoms with Crippen LogP contribution in [0.25, 0.3) is 10.9 Å². The number of hydrogen-bond donors (Lipinski definition) is 1. The topological polar surface area (TPSA) is 46.9 Å². The van der Waals surface area contributed by atoms with Crippen molar-refractivity contribution in [2.75, 3.05) is 0 Å². The van der Waals surface area contributed by atoms with E-state index in [0.29, 0.717) is 19.0 Å². The van der Waals surface area contributed by atoms with Gasteiger partial charge in [0, 0.05) is 23.0 Å². The molecular formula is C17H17N3OS. The van der Waals surface area contributed by atoms with E-state index in [9.17, 15) is 4.79 Å². The second-order valence-corrected chi connectivity index (χ2v) is 6.62. The molecule has 3 aromatic rings. The predicted molar refractivity (Wildman–Crippen MR) is 87.9 cm³/mol. The number of para-hydroxylation sites is 1. The van der Waals surface area contributed by atoms with Gasteiger partial charge < -0.3 is 9.88 Å². The zero-order chi connectivity index (χ0) is 14.9. The van der Waals surface area contributed by atoms with E-state index in [1.807, 2.05) is 35.0 Å². The maximum Gasteiger partial charge on any atom is 0.240 e. The van der Waals surface area contributed by atoms with E-state index >= 15 is 0 Å². The molecule has 1 aliphatic carbocycles. The summed E-state index contributed by atoms with van der Waals surface area (Å²) >= 11 is 1.71. The molecule has 4 nitrogen and oxygen atoms in total. The smallest absolute Gasteiger partial charge is 0.240 e. The highest BCUT2D eigenvalue weighted by Crippen LogP contribution is 2.41. The first-order chi connectivity index (χ1) is 10.8. The molecule has 0 unspecified atom stereocenters. The maximum absolute atomic E-state index is 12.1. The fraction of sp³-hybridized carbons (Fsp3) is 0.294. The largest absolute Gasteiger partial charge is 0.349 e. The number of thiazole rings is 1. The van der Waals surface area contributed by atoms with E-state index in [1.165, 1.54) is 17.8 Å². The van der Waals surface area contributed by atoms with Crippen LogP contribution in [0.5, 0.6) is 0 Å². The van der Waals surface area contributed by atoms with Gasteiger partial charge in [-0.25, -0.2) is 4.98 Å². The van der Waals surface area contributed by atoms with Crippen LogP contribution in [-0.4, -0.2) is 15.5 Å². The number of aromatic nitrogens is 2. The predicted octanol–water partition coefficient (Wildman–Crippen LogP) is 3.29. The molecule has 5 heteroatoms. The van der Waals surface area contributed by atoms with Crippen molar-refractivity contribution in [3.05, 3.63) is 52.6 Å². The fourth-order valence-corrected chi connectivity index (χ4v) is 3.59. The van der Waals surface area contributed by atoms with Crippen LogP contribution in [0, 0.1) is 0 Å². The number of nitrogens with one attached hydrogen (secondary N) is 1. The Kier molecular flexibility index (Phi) is 3.42. The summed E-state index contributed by atoms with van der Waals surface area (Å²) in [6, 6.07) is 10.1. The van der Waals surface area contributed by atoms with Crippen LogP contribution in [0.2, 0.25) is 0 Å². The summed E-state index contributed by atoms with van der Waals surface area (Å²) in [5.41, 5.74) is 2.06. The quantitative estimate of drug-likeness (QED) is 0.786. The van der Waals surface area contributed by atoms with E-state index in [2.05, 4.69) is 21.7 Å². The molecule has 0 bridgehead atoms. The van der Waals surface area contributed by atoms with Gasteiger partial charge in [0.05, 0.1) is 17.2 Å². The van der Waals surface area contributed by atoms with Crippen LogP contribution in [-0.2, 0) is 17.9 Å². The van der Waals surface area contributed by atoms with Crippen LogP contribution in [0.15, 0.2) is 41.9 Å². The highest BCUT2D eigenvalue weighted by Gasteiger charge is 2.26. The van der Waals surface area contributed by atoms with E-state index in [4.69, 9.17) is 0 Å². The molecule has 0 saturated heterocycles. The Morgan fingerprint density at radius 1 is 1.32 bits per heavy atom. The van der Waals surface area contributed by atoms with Gasteiger partial charge in [-0.05, 0) is 30.4 Å². The molecule has 0 aliphatic heterocycles. The minimum Gasteiger partial charge on any atom is -0.349 e. The highest BCUT2D eigenvalue weighted by atomic mass is 32.1. The summed E-state index contributed by atoms with van der Waals surface area (Å²) in [7, 11) is 0. The van der Waals surface area contributed by atoms with Crippen molar-refractivity contribution in [2.24, 2.45) is 0 Å². The first-order valence-electron chi connectivity index (χ1n) is 7.54. The lowest BCUT2D eigenvalue weighted by Gasteiger charge is -2.06. The van der Waals surface area contributed by atoms with Gasteiger partial charge in [0.25, 0.3) is 0 Å². The standard InChI is InChI=1S/C17H17N3OS/c21-16(10-20-8-7-12-3-1-2-4-15(12)20)18-9-14-11-22-17(19-14)13-5-6-13/h1-4,7-8,11,13H,5-6,9-10H2,(H,18,21). The molecule has 2 aromatic heterocycles. The molecule has 2 heterocycles. The van der Waals surface area contributed by atoms with Gasteiger partial charge in [0.2, 0.25) is 5.91 Å². The van der Waals surface area contributed by atoms with Crippen molar-refractivity contribution in [1.82, 2.24) is 14.9 Å². The Balaban J connectivity index is 1.37. The molecule has 1 fully saturated rings. The summed E-state index contributed by atoms with van der Waals surface area (Å²) in [6.07, 6.45) is 4.48. The van der Waals surface area contributed by atoms with Crippen molar-refractivity contribution in [3.8, 4) is 0 Å². The van der Waals surface area contributed by atoms with Crippen LogP contribution in [0.4, 0.5) is 0 Å². The monoisotopic (exact) mass is 311 g/mol. The first kappa shape index (κ1) is 13.5. The van der Waals surface area contributed by atoms with Gasteiger partial charge in [0.15, 0.2) is 0 Å². The lowest BCUT2D eigenvalue weighted by atomic mass is 10.2. The molecule has 1 aliphatic rings. The number of fused-ring (bicyclic) bond motifs is 1. The zero-order valence-corrected chi connectivity index (χ0v) is 13.0. The second kappa shape index (κ2) is 5.57. The molecule has 0 spiro atoms. The molecule has 1 amide bonds. The van der Waals surface area contributed by atoms with Crippen molar-refractivity contribution >= 4 is 28.1 Å². The Hall–Kier alpha value is -2.14.